The second-order valence-electron chi connectivity index (χ2n) is 6.24. The summed E-state index contributed by atoms with van der Waals surface area (Å²) < 4.78 is 0. The molecule has 0 heterocycles. The molecule has 0 aliphatic heterocycles. The zero-order chi connectivity index (χ0) is 16.3. The third-order valence-corrected chi connectivity index (χ3v) is 5.57. The second-order valence-corrected chi connectivity index (χ2v) is 8.45. The van der Waals surface area contributed by atoms with E-state index in [1.807, 2.05) is 0 Å². The Hall–Kier alpha value is 0.951. The first-order chi connectivity index (χ1) is 9.93. The monoisotopic (exact) mass is 424 g/mol. The van der Waals surface area contributed by atoms with Gasteiger partial charge in [-0.05, 0) is 0 Å². The van der Waals surface area contributed by atoms with Crippen LogP contribution in [0.4, 0.5) is 0 Å². The van der Waals surface area contributed by atoms with Crippen molar-refractivity contribution in [3.63, 3.8) is 0 Å². The third kappa shape index (κ3) is 15.2. The molecule has 24 heavy (non-hydrogen) atoms. The molecular formula is C19H36Cl2NSiTi. The molecule has 0 saturated heterocycles. The fourth-order valence-electron chi connectivity index (χ4n) is 2.55. The van der Waals surface area contributed by atoms with Gasteiger partial charge in [0.25, 0.3) is 0 Å². The van der Waals surface area contributed by atoms with Crippen LogP contribution in [0.2, 0.25) is 12.1 Å². The Labute approximate surface area is 181 Å². The van der Waals surface area contributed by atoms with Crippen LogP contribution in [0.15, 0.2) is 16.7 Å². The van der Waals surface area contributed by atoms with Gasteiger partial charge in [-0.25, -0.2) is 5.57 Å². The molecular weight excluding hydrogens is 389 g/mol. The van der Waals surface area contributed by atoms with Crippen LogP contribution in [0.3, 0.4) is 0 Å². The van der Waals surface area contributed by atoms with Crippen molar-refractivity contribution in [3.05, 3.63) is 28.5 Å². The average molecular weight is 425 g/mol. The summed E-state index contributed by atoms with van der Waals surface area (Å²) in [6.45, 7) is 13.2. The summed E-state index contributed by atoms with van der Waals surface area (Å²) in [6.07, 6.45) is 9.63. The van der Waals surface area contributed by atoms with Crippen LogP contribution in [-0.2, 0) is 21.7 Å². The molecule has 139 valence electrons. The predicted molar refractivity (Wildman–Crippen MR) is 99.3 cm³/mol. The number of allylic oxidation sites excluding steroid dienone is 4. The summed E-state index contributed by atoms with van der Waals surface area (Å²) in [5.41, 5.74) is 11.5. The maximum atomic E-state index is 7.27. The SMILES string of the molecule is CC1=[C-]C(C)C(C)=C1C.CC[SiH]CC.[Cl-].[Cl-].[NH-]C1CCCCC1.[Ti+4]. The molecule has 0 bridgehead atoms. The van der Waals surface area contributed by atoms with E-state index in [0.29, 0.717) is 5.92 Å². The summed E-state index contributed by atoms with van der Waals surface area (Å²) in [7, 11) is 0.815. The fraction of sp³-hybridized carbons (Fsp3) is 0.789. The van der Waals surface area contributed by atoms with E-state index in [0.717, 1.165) is 22.4 Å². The molecule has 2 aliphatic rings. The molecule has 1 atom stereocenters. The Morgan fingerprint density at radius 2 is 1.46 bits per heavy atom. The molecule has 2 rings (SSSR count). The fourth-order valence-corrected chi connectivity index (χ4v) is 3.13. The number of rotatable bonds is 2. The van der Waals surface area contributed by atoms with E-state index in [2.05, 4.69) is 47.6 Å². The van der Waals surface area contributed by atoms with Crippen molar-refractivity contribution >= 4 is 9.52 Å². The second kappa shape index (κ2) is 20.3. The van der Waals surface area contributed by atoms with Crippen LogP contribution in [0.1, 0.15) is 73.6 Å². The van der Waals surface area contributed by atoms with E-state index in [4.69, 9.17) is 5.73 Å². The molecule has 1 saturated carbocycles. The van der Waals surface area contributed by atoms with Crippen molar-refractivity contribution in [2.24, 2.45) is 5.92 Å². The maximum absolute atomic E-state index is 7.27. The zero-order valence-electron chi connectivity index (χ0n) is 16.4. The number of hydrogen-bond acceptors (Lipinski definition) is 0. The minimum absolute atomic E-state index is 0. The van der Waals surface area contributed by atoms with E-state index < -0.39 is 0 Å². The Bertz CT molecular complexity index is 338. The van der Waals surface area contributed by atoms with Gasteiger partial charge in [0.1, 0.15) is 0 Å². The van der Waals surface area contributed by atoms with E-state index in [1.54, 1.807) is 0 Å². The smallest absolute Gasteiger partial charge is 1.00 e. The number of nitrogens with one attached hydrogen (secondary N) is 1. The van der Waals surface area contributed by atoms with Crippen molar-refractivity contribution in [2.45, 2.75) is 91.8 Å². The molecule has 1 unspecified atom stereocenters. The molecule has 1 nitrogen and oxygen atoms in total. The first-order valence-electron chi connectivity index (χ1n) is 8.74. The quantitative estimate of drug-likeness (QED) is 0.452. The molecule has 1 radical (unpaired) electrons. The topological polar surface area (TPSA) is 23.8 Å². The van der Waals surface area contributed by atoms with Crippen LogP contribution in [0, 0.1) is 12.0 Å². The number of hydrogen-bond donors (Lipinski definition) is 0. The Kier molecular flexibility index (Phi) is 27.5. The van der Waals surface area contributed by atoms with Gasteiger partial charge in [-0.1, -0.05) is 84.7 Å². The van der Waals surface area contributed by atoms with E-state index >= 15 is 0 Å². The predicted octanol–water partition coefficient (Wildman–Crippen LogP) is 0.398. The van der Waals surface area contributed by atoms with E-state index in [-0.39, 0.29) is 52.6 Å². The van der Waals surface area contributed by atoms with Gasteiger partial charge in [-0.15, -0.1) is 13.0 Å². The van der Waals surface area contributed by atoms with Gasteiger partial charge < -0.3 is 30.5 Å². The van der Waals surface area contributed by atoms with Gasteiger partial charge in [0, 0.05) is 9.52 Å². The third-order valence-electron chi connectivity index (χ3n) is 4.42. The summed E-state index contributed by atoms with van der Waals surface area (Å²) in [5.74, 6) is 0.560. The van der Waals surface area contributed by atoms with Gasteiger partial charge in [-0.3, -0.25) is 6.08 Å². The molecule has 1 N–H and O–H groups in total. The van der Waals surface area contributed by atoms with Crippen LogP contribution >= 0.6 is 0 Å². The summed E-state index contributed by atoms with van der Waals surface area (Å²) in [5, 5.41) is 0. The van der Waals surface area contributed by atoms with Crippen molar-refractivity contribution in [1.29, 1.82) is 0 Å². The van der Waals surface area contributed by atoms with Crippen LogP contribution in [0.25, 0.3) is 5.73 Å². The van der Waals surface area contributed by atoms with Crippen molar-refractivity contribution in [1.82, 2.24) is 0 Å². The van der Waals surface area contributed by atoms with Crippen molar-refractivity contribution in [2.75, 3.05) is 0 Å². The molecule has 5 heteroatoms. The Morgan fingerprint density at radius 1 is 1.00 bits per heavy atom. The summed E-state index contributed by atoms with van der Waals surface area (Å²) >= 11 is 0. The molecule has 0 aromatic carbocycles. The number of halogens is 2. The first kappa shape index (κ1) is 32.6. The minimum Gasteiger partial charge on any atom is -1.00 e. The standard InChI is InChI=1S/C9H13.C6H12N.C4H11Si.2ClH.Ti/c1-6-5-7(2)9(4)8(6)3;7-6-4-2-1-3-5-6;1-3-5-4-2;;;/h6H,1-4H3;6-7H,1-5H2;5H,3-4H2,1-2H3;2*1H;/q2*-1;;;;+4/p-2. The normalized spacial score (nSPS) is 19.3. The van der Waals surface area contributed by atoms with Gasteiger partial charge in [0.2, 0.25) is 0 Å². The van der Waals surface area contributed by atoms with Gasteiger partial charge in [-0.2, -0.15) is 11.1 Å². The Balaban J connectivity index is -0.000000122. The molecule has 0 spiro atoms. The van der Waals surface area contributed by atoms with Gasteiger partial charge in [0.05, 0.1) is 0 Å². The average Bonchev–Trinajstić information content (AvgIpc) is 2.69. The van der Waals surface area contributed by atoms with Crippen LogP contribution < -0.4 is 24.8 Å². The molecule has 2 aliphatic carbocycles. The molecule has 0 amide bonds. The minimum atomic E-state index is 0. The summed E-state index contributed by atoms with van der Waals surface area (Å²) in [6, 6.07) is 3.14. The molecule has 1 fully saturated rings. The van der Waals surface area contributed by atoms with Crippen molar-refractivity contribution < 1.29 is 46.5 Å². The maximum Gasteiger partial charge on any atom is 4.00 e. The molecule has 0 aromatic heterocycles. The van der Waals surface area contributed by atoms with Crippen LogP contribution in [0.5, 0.6) is 0 Å². The van der Waals surface area contributed by atoms with Crippen molar-refractivity contribution in [3.8, 4) is 0 Å². The van der Waals surface area contributed by atoms with E-state index in [1.165, 1.54) is 48.1 Å². The van der Waals surface area contributed by atoms with Gasteiger partial charge in [0.15, 0.2) is 0 Å². The van der Waals surface area contributed by atoms with Crippen LogP contribution in [-0.4, -0.2) is 15.6 Å². The molecule has 0 aromatic rings. The Morgan fingerprint density at radius 3 is 1.58 bits per heavy atom. The first-order valence-corrected chi connectivity index (χ1v) is 10.4. The van der Waals surface area contributed by atoms with Gasteiger partial charge >= 0.3 is 21.7 Å². The van der Waals surface area contributed by atoms with E-state index in [9.17, 15) is 0 Å². The zero-order valence-corrected chi connectivity index (χ0v) is 20.7. The summed E-state index contributed by atoms with van der Waals surface area (Å²) in [4.78, 5) is 0. The largest absolute Gasteiger partial charge is 4.00 e.